The van der Waals surface area contributed by atoms with Crippen LogP contribution in [0.15, 0.2) is 37.1 Å². The first-order chi connectivity index (χ1) is 9.51. The van der Waals surface area contributed by atoms with Gasteiger partial charge in [0.05, 0.1) is 16.6 Å². The average molecular weight is 310 g/mol. The molecule has 0 aromatic carbocycles. The molecule has 0 fully saturated rings. The zero-order valence-electron chi connectivity index (χ0n) is 11.2. The summed E-state index contributed by atoms with van der Waals surface area (Å²) in [7, 11) is 1.80. The van der Waals surface area contributed by atoms with Crippen molar-refractivity contribution in [3.05, 3.63) is 52.0 Å². The van der Waals surface area contributed by atoms with E-state index in [1.165, 1.54) is 11.3 Å². The molecule has 0 bridgehead atoms. The number of anilines is 1. The third-order valence-corrected chi connectivity index (χ3v) is 4.07. The second kappa shape index (κ2) is 6.15. The van der Waals surface area contributed by atoms with Crippen molar-refractivity contribution in [1.82, 2.24) is 9.47 Å². The molecule has 0 atom stereocenters. The third kappa shape index (κ3) is 3.23. The third-order valence-electron chi connectivity index (χ3n) is 2.86. The fraction of sp³-hybridized carbons (Fsp3) is 0.214. The Morgan fingerprint density at radius 2 is 2.35 bits per heavy atom. The van der Waals surface area contributed by atoms with Crippen LogP contribution < -0.4 is 5.73 Å². The van der Waals surface area contributed by atoms with Crippen LogP contribution in [0, 0.1) is 0 Å². The van der Waals surface area contributed by atoms with Crippen molar-refractivity contribution < 1.29 is 4.79 Å². The van der Waals surface area contributed by atoms with Gasteiger partial charge in [0.2, 0.25) is 0 Å². The van der Waals surface area contributed by atoms with Crippen LogP contribution in [0.1, 0.15) is 15.4 Å². The van der Waals surface area contributed by atoms with Crippen LogP contribution in [-0.4, -0.2) is 21.9 Å². The van der Waals surface area contributed by atoms with Gasteiger partial charge in [-0.2, -0.15) is 0 Å². The van der Waals surface area contributed by atoms with E-state index in [9.17, 15) is 4.79 Å². The predicted octanol–water partition coefficient (Wildman–Crippen LogP) is 3.15. The number of aromatic nitrogens is 1. The van der Waals surface area contributed by atoms with Crippen molar-refractivity contribution in [3.8, 4) is 0 Å². The van der Waals surface area contributed by atoms with Gasteiger partial charge in [-0.05, 0) is 18.2 Å². The Balaban J connectivity index is 2.21. The molecule has 106 valence electrons. The zero-order valence-corrected chi connectivity index (χ0v) is 12.7. The minimum atomic E-state index is -0.0753. The molecule has 0 aliphatic rings. The lowest BCUT2D eigenvalue weighted by Gasteiger charge is -2.20. The quantitative estimate of drug-likeness (QED) is 0.863. The molecule has 2 aromatic rings. The number of amides is 1. The summed E-state index contributed by atoms with van der Waals surface area (Å²) in [6, 6.07) is 5.44. The summed E-state index contributed by atoms with van der Waals surface area (Å²) >= 11 is 7.39. The highest BCUT2D eigenvalue weighted by atomic mass is 35.5. The summed E-state index contributed by atoms with van der Waals surface area (Å²) in [6.45, 7) is 4.68. The van der Waals surface area contributed by atoms with Crippen molar-refractivity contribution in [2.24, 2.45) is 7.05 Å². The van der Waals surface area contributed by atoms with E-state index >= 15 is 0 Å². The predicted molar refractivity (Wildman–Crippen MR) is 84.1 cm³/mol. The summed E-state index contributed by atoms with van der Waals surface area (Å²) in [6.07, 6.45) is 3.43. The highest BCUT2D eigenvalue weighted by molar-refractivity contribution is 7.16. The largest absolute Gasteiger partial charge is 0.397 e. The average Bonchev–Trinajstić information content (AvgIpc) is 2.94. The molecule has 0 saturated heterocycles. The molecule has 0 aliphatic carbocycles. The van der Waals surface area contributed by atoms with Gasteiger partial charge < -0.3 is 15.2 Å². The summed E-state index contributed by atoms with van der Waals surface area (Å²) in [4.78, 5) is 15.3. The SMILES string of the molecule is C=CCN(Cc1ccc(Cl)s1)C(=O)c1cc(N)cn1C. The smallest absolute Gasteiger partial charge is 0.271 e. The van der Waals surface area contributed by atoms with Crippen molar-refractivity contribution in [1.29, 1.82) is 0 Å². The van der Waals surface area contributed by atoms with Crippen molar-refractivity contribution in [2.75, 3.05) is 12.3 Å². The van der Waals surface area contributed by atoms with E-state index in [2.05, 4.69) is 6.58 Å². The first-order valence-electron chi connectivity index (χ1n) is 6.07. The normalized spacial score (nSPS) is 10.5. The molecule has 0 saturated carbocycles. The van der Waals surface area contributed by atoms with Crippen molar-refractivity contribution >= 4 is 34.5 Å². The highest BCUT2D eigenvalue weighted by Gasteiger charge is 2.19. The maximum Gasteiger partial charge on any atom is 0.271 e. The molecule has 4 nitrogen and oxygen atoms in total. The van der Waals surface area contributed by atoms with Crippen LogP contribution >= 0.6 is 22.9 Å². The van der Waals surface area contributed by atoms with E-state index in [0.717, 1.165) is 4.88 Å². The number of halogens is 1. The number of rotatable bonds is 5. The van der Waals surface area contributed by atoms with E-state index < -0.39 is 0 Å². The molecule has 2 aromatic heterocycles. The number of hydrogen-bond donors (Lipinski definition) is 1. The lowest BCUT2D eigenvalue weighted by molar-refractivity contribution is 0.0754. The number of hydrogen-bond acceptors (Lipinski definition) is 3. The molecule has 6 heteroatoms. The van der Waals surface area contributed by atoms with Crippen molar-refractivity contribution in [2.45, 2.75) is 6.54 Å². The van der Waals surface area contributed by atoms with E-state index in [4.69, 9.17) is 17.3 Å². The number of nitrogen functional groups attached to an aromatic ring is 1. The van der Waals surface area contributed by atoms with Crippen LogP contribution in [-0.2, 0) is 13.6 Å². The molecule has 0 aliphatic heterocycles. The molecule has 2 rings (SSSR count). The molecular weight excluding hydrogens is 294 g/mol. The fourth-order valence-corrected chi connectivity index (χ4v) is 3.07. The lowest BCUT2D eigenvalue weighted by Crippen LogP contribution is -2.31. The molecule has 2 N–H and O–H groups in total. The minimum absolute atomic E-state index is 0.0753. The number of nitrogens with two attached hydrogens (primary N) is 1. The first kappa shape index (κ1) is 14.7. The Bertz CT molecular complexity index is 632. The number of aryl methyl sites for hydroxylation is 1. The Hall–Kier alpha value is -1.72. The summed E-state index contributed by atoms with van der Waals surface area (Å²) in [5.74, 6) is -0.0753. The lowest BCUT2D eigenvalue weighted by atomic mass is 10.3. The van der Waals surface area contributed by atoms with Gasteiger partial charge in [-0.15, -0.1) is 17.9 Å². The first-order valence-corrected chi connectivity index (χ1v) is 7.27. The number of carbonyl (C=O) groups is 1. The highest BCUT2D eigenvalue weighted by Crippen LogP contribution is 2.23. The topological polar surface area (TPSA) is 51.3 Å². The second-order valence-corrected chi connectivity index (χ2v) is 6.25. The van der Waals surface area contributed by atoms with Crippen LogP contribution in [0.2, 0.25) is 4.34 Å². The van der Waals surface area contributed by atoms with E-state index in [1.54, 1.807) is 34.9 Å². The number of carbonyl (C=O) groups excluding carboxylic acids is 1. The van der Waals surface area contributed by atoms with Gasteiger partial charge in [0, 0.05) is 24.7 Å². The second-order valence-electron chi connectivity index (χ2n) is 4.45. The fourth-order valence-electron chi connectivity index (χ4n) is 1.96. The van der Waals surface area contributed by atoms with Gasteiger partial charge >= 0.3 is 0 Å². The Morgan fingerprint density at radius 3 is 2.85 bits per heavy atom. The molecule has 0 unspecified atom stereocenters. The molecule has 1 amide bonds. The van der Waals surface area contributed by atoms with Crippen LogP contribution in [0.3, 0.4) is 0 Å². The molecule has 2 heterocycles. The van der Waals surface area contributed by atoms with Gasteiger partial charge in [-0.3, -0.25) is 4.79 Å². The van der Waals surface area contributed by atoms with Gasteiger partial charge in [0.25, 0.3) is 5.91 Å². The maximum absolute atomic E-state index is 12.6. The Labute approximate surface area is 127 Å². The molecule has 20 heavy (non-hydrogen) atoms. The van der Waals surface area contributed by atoms with E-state index in [-0.39, 0.29) is 5.91 Å². The van der Waals surface area contributed by atoms with Crippen LogP contribution in [0.25, 0.3) is 0 Å². The van der Waals surface area contributed by atoms with Gasteiger partial charge in [0.15, 0.2) is 0 Å². The standard InChI is InChI=1S/C14H16ClN3OS/c1-3-6-18(9-11-4-5-13(15)20-11)14(19)12-7-10(16)8-17(12)2/h3-5,7-8H,1,6,9,16H2,2H3. The van der Waals surface area contributed by atoms with Gasteiger partial charge in [0.1, 0.15) is 5.69 Å². The molecule has 0 spiro atoms. The molecule has 0 radical (unpaired) electrons. The molecular formula is C14H16ClN3OS. The van der Waals surface area contributed by atoms with E-state index in [1.807, 2.05) is 12.1 Å². The monoisotopic (exact) mass is 309 g/mol. The maximum atomic E-state index is 12.6. The number of nitrogens with zero attached hydrogens (tertiary/aromatic N) is 2. The summed E-state index contributed by atoms with van der Waals surface area (Å²) in [5.41, 5.74) is 6.86. The summed E-state index contributed by atoms with van der Waals surface area (Å²) < 4.78 is 2.45. The minimum Gasteiger partial charge on any atom is -0.397 e. The Kier molecular flexibility index (Phi) is 4.52. The van der Waals surface area contributed by atoms with E-state index in [0.29, 0.717) is 28.8 Å². The van der Waals surface area contributed by atoms with Crippen LogP contribution in [0.4, 0.5) is 5.69 Å². The van der Waals surface area contributed by atoms with Gasteiger partial charge in [-0.25, -0.2) is 0 Å². The van der Waals surface area contributed by atoms with Gasteiger partial charge in [-0.1, -0.05) is 17.7 Å². The summed E-state index contributed by atoms with van der Waals surface area (Å²) in [5, 5.41) is 0. The van der Waals surface area contributed by atoms with Crippen LogP contribution in [0.5, 0.6) is 0 Å². The Morgan fingerprint density at radius 1 is 1.60 bits per heavy atom. The zero-order chi connectivity index (χ0) is 14.7. The number of thiophene rings is 1. The van der Waals surface area contributed by atoms with Crippen molar-refractivity contribution in [3.63, 3.8) is 0 Å².